The lowest BCUT2D eigenvalue weighted by atomic mass is 10.0. The van der Waals surface area contributed by atoms with Crippen molar-refractivity contribution in [1.82, 2.24) is 14.9 Å². The molecular formula is C27H24F3N5O3. The second-order valence-corrected chi connectivity index (χ2v) is 8.84. The van der Waals surface area contributed by atoms with Crippen LogP contribution < -0.4 is 10.6 Å². The van der Waals surface area contributed by atoms with E-state index in [9.17, 15) is 27.9 Å². The van der Waals surface area contributed by atoms with Crippen LogP contribution in [0, 0.1) is 0 Å². The zero-order valence-corrected chi connectivity index (χ0v) is 20.5. The molecule has 1 amide bonds. The van der Waals surface area contributed by atoms with Gasteiger partial charge in [-0.1, -0.05) is 18.2 Å². The van der Waals surface area contributed by atoms with Gasteiger partial charge in [0.25, 0.3) is 5.91 Å². The van der Waals surface area contributed by atoms with Crippen LogP contribution in [-0.2, 0) is 6.18 Å². The number of carbonyl (C=O) groups is 2. The number of rotatable bonds is 8. The van der Waals surface area contributed by atoms with Gasteiger partial charge in [0.1, 0.15) is 12.1 Å². The van der Waals surface area contributed by atoms with Gasteiger partial charge in [0.2, 0.25) is 0 Å². The van der Waals surface area contributed by atoms with Crippen LogP contribution in [0.1, 0.15) is 37.9 Å². The number of carbonyl (C=O) groups excluding carboxylic acids is 1. The Morgan fingerprint density at radius 1 is 1.00 bits per heavy atom. The second kappa shape index (κ2) is 10.9. The van der Waals surface area contributed by atoms with E-state index in [0.717, 1.165) is 29.8 Å². The average molecular weight is 524 g/mol. The maximum Gasteiger partial charge on any atom is 0.416 e. The maximum atomic E-state index is 12.8. The van der Waals surface area contributed by atoms with Gasteiger partial charge in [-0.25, -0.2) is 14.8 Å². The van der Waals surface area contributed by atoms with E-state index in [1.807, 2.05) is 25.1 Å². The number of halogens is 3. The standard InChI is InChI=1S/C27H24F3N5O3/c1-35(2)14-22(34-24-20-7-4-8-21(26(37)38)23(20)31-15-32-24)17-5-3-6-19(13-17)33-25(36)16-9-11-18(12-10-16)27(28,29)30/h3-13,15,22H,14H2,1-2H3,(H,33,36)(H,37,38)(H,31,32,34). The van der Waals surface area contributed by atoms with Gasteiger partial charge in [-0.2, -0.15) is 13.2 Å². The highest BCUT2D eigenvalue weighted by Crippen LogP contribution is 2.30. The van der Waals surface area contributed by atoms with E-state index in [0.29, 0.717) is 29.0 Å². The fraction of sp³-hybridized carbons (Fsp3) is 0.185. The van der Waals surface area contributed by atoms with E-state index in [-0.39, 0.29) is 17.2 Å². The van der Waals surface area contributed by atoms with Gasteiger partial charge in [-0.05, 0) is 68.2 Å². The smallest absolute Gasteiger partial charge is 0.416 e. The zero-order chi connectivity index (χ0) is 27.4. The molecule has 0 spiro atoms. The van der Waals surface area contributed by atoms with Gasteiger partial charge in [-0.3, -0.25) is 4.79 Å². The summed E-state index contributed by atoms with van der Waals surface area (Å²) in [6, 6.07) is 15.6. The number of para-hydroxylation sites is 1. The van der Waals surface area contributed by atoms with Gasteiger partial charge in [0.15, 0.2) is 0 Å². The summed E-state index contributed by atoms with van der Waals surface area (Å²) >= 11 is 0. The SMILES string of the molecule is CN(C)CC(Nc1ncnc2c(C(=O)O)cccc12)c1cccc(NC(=O)c2ccc(C(F)(F)F)cc2)c1. The lowest BCUT2D eigenvalue weighted by Crippen LogP contribution is -2.26. The van der Waals surface area contributed by atoms with Crippen LogP contribution in [0.4, 0.5) is 24.7 Å². The van der Waals surface area contributed by atoms with Crippen LogP contribution >= 0.6 is 0 Å². The van der Waals surface area contributed by atoms with Gasteiger partial charge < -0.3 is 20.6 Å². The Hall–Kier alpha value is -4.51. The fourth-order valence-corrected chi connectivity index (χ4v) is 3.99. The second-order valence-electron chi connectivity index (χ2n) is 8.84. The van der Waals surface area contributed by atoms with Gasteiger partial charge in [0, 0.05) is 23.2 Å². The highest BCUT2D eigenvalue weighted by atomic mass is 19.4. The number of benzene rings is 3. The topological polar surface area (TPSA) is 107 Å². The van der Waals surface area contributed by atoms with E-state index >= 15 is 0 Å². The van der Waals surface area contributed by atoms with Crippen molar-refractivity contribution in [1.29, 1.82) is 0 Å². The number of carboxylic acid groups (broad SMARTS) is 1. The van der Waals surface area contributed by atoms with E-state index in [2.05, 4.69) is 20.6 Å². The largest absolute Gasteiger partial charge is 0.478 e. The van der Waals surface area contributed by atoms with Crippen molar-refractivity contribution in [3.8, 4) is 0 Å². The molecule has 4 aromatic rings. The summed E-state index contributed by atoms with van der Waals surface area (Å²) in [6.07, 6.45) is -3.19. The highest BCUT2D eigenvalue weighted by molar-refractivity contribution is 6.05. The van der Waals surface area contributed by atoms with Crippen molar-refractivity contribution in [2.45, 2.75) is 12.2 Å². The number of likely N-dealkylation sites (N-methyl/N-ethyl adjacent to an activating group) is 1. The number of carboxylic acids is 1. The van der Waals surface area contributed by atoms with E-state index in [1.165, 1.54) is 12.4 Å². The third-order valence-corrected chi connectivity index (χ3v) is 5.78. The van der Waals surface area contributed by atoms with E-state index < -0.39 is 23.6 Å². The molecule has 1 atom stereocenters. The number of alkyl halides is 3. The minimum atomic E-state index is -4.48. The van der Waals surface area contributed by atoms with Crippen LogP contribution in [0.15, 0.2) is 73.1 Å². The van der Waals surface area contributed by atoms with Crippen LogP contribution in [-0.4, -0.2) is 52.5 Å². The molecule has 1 aromatic heterocycles. The van der Waals surface area contributed by atoms with E-state index in [4.69, 9.17) is 0 Å². The number of fused-ring (bicyclic) bond motifs is 1. The number of hydrogen-bond donors (Lipinski definition) is 3. The number of amides is 1. The lowest BCUT2D eigenvalue weighted by molar-refractivity contribution is -0.137. The third kappa shape index (κ3) is 6.06. The number of aromatic carboxylic acids is 1. The Morgan fingerprint density at radius 2 is 1.71 bits per heavy atom. The molecule has 11 heteroatoms. The molecule has 3 N–H and O–H groups in total. The number of anilines is 2. The molecule has 0 aliphatic carbocycles. The van der Waals surface area contributed by atoms with Crippen LogP contribution in [0.5, 0.6) is 0 Å². The first-order valence-electron chi connectivity index (χ1n) is 11.5. The van der Waals surface area contributed by atoms with Crippen LogP contribution in [0.3, 0.4) is 0 Å². The molecule has 0 saturated heterocycles. The molecule has 3 aromatic carbocycles. The Balaban J connectivity index is 1.60. The minimum absolute atomic E-state index is 0.0603. The van der Waals surface area contributed by atoms with Crippen molar-refractivity contribution < 1.29 is 27.9 Å². The van der Waals surface area contributed by atoms with Crippen molar-refractivity contribution in [2.75, 3.05) is 31.3 Å². The number of nitrogens with one attached hydrogen (secondary N) is 2. The summed E-state index contributed by atoms with van der Waals surface area (Å²) in [6.45, 7) is 0.528. The summed E-state index contributed by atoms with van der Waals surface area (Å²) < 4.78 is 38.5. The van der Waals surface area contributed by atoms with Crippen molar-refractivity contribution in [2.24, 2.45) is 0 Å². The zero-order valence-electron chi connectivity index (χ0n) is 20.5. The first-order valence-corrected chi connectivity index (χ1v) is 11.5. The molecule has 0 saturated carbocycles. The molecule has 1 heterocycles. The summed E-state index contributed by atoms with van der Waals surface area (Å²) in [4.78, 5) is 34.7. The average Bonchev–Trinajstić information content (AvgIpc) is 2.87. The van der Waals surface area contributed by atoms with E-state index in [1.54, 1.807) is 30.3 Å². The van der Waals surface area contributed by atoms with Crippen molar-refractivity contribution >= 4 is 34.3 Å². The number of aromatic nitrogens is 2. The molecule has 0 aliphatic heterocycles. The van der Waals surface area contributed by atoms with Gasteiger partial charge in [0.05, 0.1) is 22.7 Å². The molecule has 0 radical (unpaired) electrons. The molecular weight excluding hydrogens is 499 g/mol. The predicted molar refractivity (Wildman–Crippen MR) is 137 cm³/mol. The first-order chi connectivity index (χ1) is 18.0. The quantitative estimate of drug-likeness (QED) is 0.287. The number of nitrogens with zero attached hydrogens (tertiary/aromatic N) is 3. The third-order valence-electron chi connectivity index (χ3n) is 5.78. The van der Waals surface area contributed by atoms with Gasteiger partial charge >= 0.3 is 12.1 Å². The summed E-state index contributed by atoms with van der Waals surface area (Å²) in [7, 11) is 3.79. The predicted octanol–water partition coefficient (Wildman–Crippen LogP) is 5.31. The van der Waals surface area contributed by atoms with Crippen LogP contribution in [0.2, 0.25) is 0 Å². The molecule has 38 heavy (non-hydrogen) atoms. The summed E-state index contributed by atoms with van der Waals surface area (Å²) in [5, 5.41) is 16.1. The molecule has 1 unspecified atom stereocenters. The van der Waals surface area contributed by atoms with Crippen molar-refractivity contribution in [3.63, 3.8) is 0 Å². The van der Waals surface area contributed by atoms with Gasteiger partial charge in [-0.15, -0.1) is 0 Å². The number of hydrogen-bond acceptors (Lipinski definition) is 6. The lowest BCUT2D eigenvalue weighted by Gasteiger charge is -2.24. The Bertz CT molecular complexity index is 1470. The molecule has 0 fully saturated rings. The highest BCUT2D eigenvalue weighted by Gasteiger charge is 2.30. The summed E-state index contributed by atoms with van der Waals surface area (Å²) in [5.74, 6) is -1.19. The van der Waals surface area contributed by atoms with Crippen molar-refractivity contribution in [3.05, 3.63) is 95.3 Å². The Labute approximate surface area is 216 Å². The normalized spacial score (nSPS) is 12.4. The summed E-state index contributed by atoms with van der Waals surface area (Å²) in [5.41, 5.74) is 0.877. The maximum absolute atomic E-state index is 12.8. The molecule has 4 rings (SSSR count). The monoisotopic (exact) mass is 523 g/mol. The Morgan fingerprint density at radius 3 is 2.37 bits per heavy atom. The molecule has 196 valence electrons. The fourth-order valence-electron chi connectivity index (χ4n) is 3.99. The molecule has 0 bridgehead atoms. The Kier molecular flexibility index (Phi) is 7.58. The van der Waals surface area contributed by atoms with Crippen LogP contribution in [0.25, 0.3) is 10.9 Å². The minimum Gasteiger partial charge on any atom is -0.478 e. The molecule has 0 aliphatic rings. The molecule has 8 nitrogen and oxygen atoms in total. The first kappa shape index (κ1) is 26.6.